The van der Waals surface area contributed by atoms with E-state index in [0.717, 1.165) is 10.5 Å². The summed E-state index contributed by atoms with van der Waals surface area (Å²) in [5.41, 5.74) is 2.71. The molecule has 9 heteroatoms. The molecule has 9 nitrogen and oxygen atoms in total. The molecular weight excluding hydrogens is 424 g/mol. The van der Waals surface area contributed by atoms with E-state index in [2.05, 4.69) is 10.1 Å². The van der Waals surface area contributed by atoms with E-state index in [4.69, 9.17) is 14.2 Å². The summed E-state index contributed by atoms with van der Waals surface area (Å²) in [4.78, 5) is 32.6. The number of amides is 2. The van der Waals surface area contributed by atoms with Crippen molar-refractivity contribution in [3.8, 4) is 28.5 Å². The van der Waals surface area contributed by atoms with Gasteiger partial charge in [0, 0.05) is 30.9 Å². The van der Waals surface area contributed by atoms with Crippen LogP contribution >= 0.6 is 0 Å². The Labute approximate surface area is 189 Å². The lowest BCUT2D eigenvalue weighted by Crippen LogP contribution is -2.29. The number of rotatable bonds is 5. The van der Waals surface area contributed by atoms with E-state index in [9.17, 15) is 9.59 Å². The summed E-state index contributed by atoms with van der Waals surface area (Å²) in [5, 5.41) is 5.12. The predicted molar refractivity (Wildman–Crippen MR) is 121 cm³/mol. The molecule has 2 amide bonds. The summed E-state index contributed by atoms with van der Waals surface area (Å²) >= 11 is 0. The van der Waals surface area contributed by atoms with Gasteiger partial charge in [-0.2, -0.15) is 5.10 Å². The van der Waals surface area contributed by atoms with Crippen LogP contribution in [0.25, 0.3) is 22.3 Å². The zero-order valence-corrected chi connectivity index (χ0v) is 18.4. The van der Waals surface area contributed by atoms with Gasteiger partial charge in [-0.15, -0.1) is 0 Å². The Hall–Kier alpha value is -4.40. The smallest absolute Gasteiger partial charge is 0.267 e. The van der Waals surface area contributed by atoms with Gasteiger partial charge in [0.05, 0.1) is 43.5 Å². The number of hydrogen-bond donors (Lipinski definition) is 0. The minimum Gasteiger partial charge on any atom is -0.493 e. The van der Waals surface area contributed by atoms with Gasteiger partial charge in [0.25, 0.3) is 11.8 Å². The molecule has 166 valence electrons. The molecule has 0 saturated heterocycles. The average Bonchev–Trinajstić information content (AvgIpc) is 3.32. The quantitative estimate of drug-likeness (QED) is 0.435. The van der Waals surface area contributed by atoms with Crippen LogP contribution in [0.2, 0.25) is 0 Å². The van der Waals surface area contributed by atoms with Gasteiger partial charge in [-0.25, -0.2) is 14.6 Å². The third kappa shape index (κ3) is 2.93. The first-order valence-corrected chi connectivity index (χ1v) is 10.1. The predicted octanol–water partition coefficient (Wildman–Crippen LogP) is 3.46. The number of fused-ring (bicyclic) bond motifs is 3. The van der Waals surface area contributed by atoms with Crippen molar-refractivity contribution >= 4 is 28.5 Å². The van der Waals surface area contributed by atoms with Crippen molar-refractivity contribution in [3.63, 3.8) is 0 Å². The summed E-state index contributed by atoms with van der Waals surface area (Å²) in [6.07, 6.45) is 1.42. The molecule has 1 aliphatic heterocycles. The van der Waals surface area contributed by atoms with E-state index >= 15 is 0 Å². The molecule has 1 aliphatic rings. The second kappa shape index (κ2) is 7.63. The van der Waals surface area contributed by atoms with Crippen molar-refractivity contribution in [2.45, 2.75) is 0 Å². The first kappa shape index (κ1) is 20.5. The lowest BCUT2D eigenvalue weighted by molar-refractivity contribution is 0.0926. The van der Waals surface area contributed by atoms with Gasteiger partial charge in [0.15, 0.2) is 17.1 Å². The summed E-state index contributed by atoms with van der Waals surface area (Å²) in [7, 11) is 6.18. The highest BCUT2D eigenvalue weighted by atomic mass is 16.5. The molecule has 3 heterocycles. The molecule has 0 N–H and O–H groups in total. The highest BCUT2D eigenvalue weighted by Gasteiger charge is 2.41. The Morgan fingerprint density at radius 2 is 1.55 bits per heavy atom. The molecule has 0 spiro atoms. The first-order chi connectivity index (χ1) is 16.0. The van der Waals surface area contributed by atoms with Gasteiger partial charge in [-0.05, 0) is 0 Å². The number of aryl methyl sites for hydroxylation is 1. The largest absolute Gasteiger partial charge is 0.493 e. The first-order valence-electron chi connectivity index (χ1n) is 10.1. The van der Waals surface area contributed by atoms with Crippen LogP contribution in [0.5, 0.6) is 17.2 Å². The maximum atomic E-state index is 13.7. The van der Waals surface area contributed by atoms with Crippen LogP contribution in [0.1, 0.15) is 20.7 Å². The number of hydrogen-bond acceptors (Lipinski definition) is 7. The number of aromatic nitrogens is 3. The lowest BCUT2D eigenvalue weighted by Gasteiger charge is -2.18. The van der Waals surface area contributed by atoms with Crippen LogP contribution in [0.3, 0.4) is 0 Å². The van der Waals surface area contributed by atoms with Gasteiger partial charge >= 0.3 is 0 Å². The van der Waals surface area contributed by atoms with Gasteiger partial charge in [-0.1, -0.05) is 30.3 Å². The molecule has 0 bridgehead atoms. The summed E-state index contributed by atoms with van der Waals surface area (Å²) in [6, 6.07) is 12.6. The third-order valence-corrected chi connectivity index (χ3v) is 5.66. The van der Waals surface area contributed by atoms with Crippen molar-refractivity contribution < 1.29 is 23.8 Å². The normalized spacial score (nSPS) is 12.9. The number of carbonyl (C=O) groups excluding carboxylic acids is 2. The molecule has 0 fully saturated rings. The van der Waals surface area contributed by atoms with Crippen LogP contribution in [0.4, 0.5) is 5.69 Å². The Balaban J connectivity index is 1.73. The topological polar surface area (TPSA) is 95.8 Å². The number of carbonyl (C=O) groups is 2. The zero-order chi connectivity index (χ0) is 23.3. The van der Waals surface area contributed by atoms with Crippen molar-refractivity contribution in [2.75, 3.05) is 26.2 Å². The molecule has 0 aliphatic carbocycles. The van der Waals surface area contributed by atoms with Gasteiger partial charge < -0.3 is 14.2 Å². The third-order valence-electron chi connectivity index (χ3n) is 5.66. The molecule has 2 aromatic carbocycles. The van der Waals surface area contributed by atoms with E-state index in [1.165, 1.54) is 27.5 Å². The van der Waals surface area contributed by atoms with Gasteiger partial charge in [-0.3, -0.25) is 9.59 Å². The number of anilines is 1. The Kier molecular flexibility index (Phi) is 4.74. The molecule has 5 rings (SSSR count). The minimum atomic E-state index is -0.485. The number of nitrogens with zero attached hydrogens (tertiary/aromatic N) is 4. The molecule has 2 aromatic heterocycles. The van der Waals surface area contributed by atoms with E-state index in [1.807, 2.05) is 30.3 Å². The fraction of sp³-hybridized carbons (Fsp3) is 0.167. The molecule has 0 unspecified atom stereocenters. The average molecular weight is 444 g/mol. The molecule has 0 atom stereocenters. The Morgan fingerprint density at radius 1 is 0.879 bits per heavy atom. The van der Waals surface area contributed by atoms with Crippen LogP contribution in [0, 0.1) is 0 Å². The highest BCUT2D eigenvalue weighted by molar-refractivity contribution is 6.38. The minimum absolute atomic E-state index is 0.214. The fourth-order valence-corrected chi connectivity index (χ4v) is 4.16. The van der Waals surface area contributed by atoms with Crippen LogP contribution < -0.4 is 19.1 Å². The standard InChI is InChI=1S/C24H20N4O5/c1-27-22-19(20(26-27)13-8-6-5-7-9-13)18-15(12-25-22)23(29)28(24(18)30)14-10-16(31-2)21(33-4)17(11-14)32-3/h5-12H,1-4H3. The second-order valence-corrected chi connectivity index (χ2v) is 7.41. The Morgan fingerprint density at radius 3 is 2.15 bits per heavy atom. The molecule has 33 heavy (non-hydrogen) atoms. The molecule has 4 aromatic rings. The number of imide groups is 1. The summed E-state index contributed by atoms with van der Waals surface area (Å²) < 4.78 is 17.8. The maximum Gasteiger partial charge on any atom is 0.267 e. The maximum absolute atomic E-state index is 13.7. The molecule has 0 saturated carbocycles. The van der Waals surface area contributed by atoms with Crippen molar-refractivity contribution in [1.29, 1.82) is 0 Å². The monoisotopic (exact) mass is 444 g/mol. The van der Waals surface area contributed by atoms with Gasteiger partial charge in [0.2, 0.25) is 5.75 Å². The molecular formula is C24H20N4O5. The van der Waals surface area contributed by atoms with Crippen LogP contribution in [0.15, 0.2) is 48.7 Å². The zero-order valence-electron chi connectivity index (χ0n) is 18.4. The molecule has 0 radical (unpaired) electrons. The van der Waals surface area contributed by atoms with E-state index in [0.29, 0.717) is 39.7 Å². The fourth-order valence-electron chi connectivity index (χ4n) is 4.16. The van der Waals surface area contributed by atoms with Crippen LogP contribution in [-0.4, -0.2) is 47.9 Å². The van der Waals surface area contributed by atoms with Crippen molar-refractivity contribution in [3.05, 3.63) is 59.8 Å². The van der Waals surface area contributed by atoms with E-state index < -0.39 is 11.8 Å². The lowest BCUT2D eigenvalue weighted by atomic mass is 10.0. The number of ether oxygens (including phenoxy) is 3. The van der Waals surface area contributed by atoms with Crippen molar-refractivity contribution in [1.82, 2.24) is 14.8 Å². The Bertz CT molecular complexity index is 1400. The van der Waals surface area contributed by atoms with Gasteiger partial charge in [0.1, 0.15) is 5.69 Å². The van der Waals surface area contributed by atoms with Crippen molar-refractivity contribution in [2.24, 2.45) is 7.05 Å². The van der Waals surface area contributed by atoms with E-state index in [1.54, 1.807) is 23.9 Å². The summed E-state index contributed by atoms with van der Waals surface area (Å²) in [5.74, 6) is 0.0718. The highest BCUT2D eigenvalue weighted by Crippen LogP contribution is 2.43. The number of pyridine rings is 1. The SMILES string of the molecule is COc1cc(N2C(=O)c3cnc4c(c(-c5ccccc5)nn4C)c3C2=O)cc(OC)c1OC. The summed E-state index contributed by atoms with van der Waals surface area (Å²) in [6.45, 7) is 0. The van der Waals surface area contributed by atoms with E-state index in [-0.39, 0.29) is 11.1 Å². The second-order valence-electron chi connectivity index (χ2n) is 7.41. The number of methoxy groups -OCH3 is 3. The number of benzene rings is 2. The van der Waals surface area contributed by atoms with Crippen LogP contribution in [-0.2, 0) is 7.05 Å².